The second kappa shape index (κ2) is 15.5. The molecule has 0 aliphatic carbocycles. The predicted octanol–water partition coefficient (Wildman–Crippen LogP) is 4.09. The highest BCUT2D eigenvalue weighted by Gasteiger charge is 2.05. The summed E-state index contributed by atoms with van der Waals surface area (Å²) < 4.78 is 0. The van der Waals surface area contributed by atoms with Crippen LogP contribution in [0.5, 0.6) is 0 Å². The van der Waals surface area contributed by atoms with E-state index in [1.54, 1.807) is 0 Å². The lowest BCUT2D eigenvalue weighted by Crippen LogP contribution is -2.38. The van der Waals surface area contributed by atoms with E-state index in [1.165, 1.54) is 51.4 Å². The molecule has 0 unspecified atom stereocenters. The van der Waals surface area contributed by atoms with Crippen LogP contribution in [0.15, 0.2) is 0 Å². The number of halogens is 1. The summed E-state index contributed by atoms with van der Waals surface area (Å²) in [5.74, 6) is 0. The molecule has 0 bridgehead atoms. The smallest absolute Gasteiger partial charge is 0.274 e. The van der Waals surface area contributed by atoms with Gasteiger partial charge in [-0.1, -0.05) is 74.9 Å². The molecule has 0 aromatic heterocycles. The summed E-state index contributed by atoms with van der Waals surface area (Å²) in [4.78, 5) is 30.2. The lowest BCUT2D eigenvalue weighted by molar-refractivity contribution is -0.416. The fraction of sp³-hybridized carbons (Fsp3) is 0.857. The normalized spacial score (nSPS) is 10.4. The van der Waals surface area contributed by atoms with Gasteiger partial charge in [0.1, 0.15) is 0 Å². The van der Waals surface area contributed by atoms with Crippen LogP contribution in [-0.2, 0) is 14.7 Å². The summed E-state index contributed by atoms with van der Waals surface area (Å²) in [6.07, 6.45) is 12.5. The highest BCUT2D eigenvalue weighted by Crippen LogP contribution is 2.10. The molecule has 0 saturated carbocycles. The molecule has 0 aliphatic rings. The number of hydrogen-bond donors (Lipinski definition) is 1. The Hall–Kier alpha value is -0.850. The van der Waals surface area contributed by atoms with Gasteiger partial charge in [-0.2, -0.15) is 0 Å². The maximum atomic E-state index is 10.4. The summed E-state index contributed by atoms with van der Waals surface area (Å²) >= 11 is 5.02. The van der Waals surface area contributed by atoms with Crippen LogP contribution in [0.25, 0.3) is 0 Å². The van der Waals surface area contributed by atoms with Crippen molar-refractivity contribution in [3.8, 4) is 0 Å². The van der Waals surface area contributed by atoms with Gasteiger partial charge in [-0.15, -0.1) is 0 Å². The zero-order valence-electron chi connectivity index (χ0n) is 12.8. The Morgan fingerprint density at radius 1 is 1.05 bits per heavy atom. The minimum Gasteiger partial charge on any atom is -0.274 e. The molecule has 0 fully saturated rings. The minimum atomic E-state index is -0.926. The van der Waals surface area contributed by atoms with Gasteiger partial charge in [0.15, 0.2) is 0 Å². The first-order valence-corrected chi connectivity index (χ1v) is 8.08. The van der Waals surface area contributed by atoms with Gasteiger partial charge in [-0.3, -0.25) is 9.59 Å². The quantitative estimate of drug-likeness (QED) is 0.123. The second-order valence-electron chi connectivity index (χ2n) is 4.90. The molecule has 0 radical (unpaired) electrons. The third kappa shape index (κ3) is 15.4. The summed E-state index contributed by atoms with van der Waals surface area (Å²) in [5.41, 5.74) is 1.91. The number of unbranched alkanes of at least 4 members (excludes halogenated alkanes) is 9. The van der Waals surface area contributed by atoms with Crippen molar-refractivity contribution in [2.24, 2.45) is 0 Å². The molecule has 0 aromatic rings. The lowest BCUT2D eigenvalue weighted by atomic mass is 10.1. The van der Waals surface area contributed by atoms with Crippen molar-refractivity contribution in [3.05, 3.63) is 0 Å². The highest BCUT2D eigenvalue weighted by atomic mass is 35.5. The predicted molar refractivity (Wildman–Crippen MR) is 81.2 cm³/mol. The van der Waals surface area contributed by atoms with Crippen LogP contribution < -0.4 is 5.43 Å². The first-order chi connectivity index (χ1) is 10.2. The molecule has 0 saturated heterocycles. The van der Waals surface area contributed by atoms with Gasteiger partial charge in [-0.25, -0.2) is 10.3 Å². The summed E-state index contributed by atoms with van der Waals surface area (Å²) in [6.45, 7) is 2.59. The van der Waals surface area contributed by atoms with E-state index in [1.807, 2.05) is 5.43 Å². The van der Waals surface area contributed by atoms with Gasteiger partial charge in [0, 0.05) is 0 Å². The minimum absolute atomic E-state index is 0.249. The fourth-order valence-corrected chi connectivity index (χ4v) is 1.97. The molecule has 0 heterocycles. The van der Waals surface area contributed by atoms with Crippen molar-refractivity contribution >= 4 is 23.4 Å². The van der Waals surface area contributed by atoms with E-state index in [2.05, 4.69) is 11.9 Å². The number of hydroxylamine groups is 1. The molecule has 2 amide bonds. The van der Waals surface area contributed by atoms with Crippen molar-refractivity contribution < 1.29 is 19.5 Å². The zero-order valence-corrected chi connectivity index (χ0v) is 13.6. The maximum absolute atomic E-state index is 10.4. The van der Waals surface area contributed by atoms with Crippen LogP contribution in [-0.4, -0.2) is 23.6 Å². The SMILES string of the molecule is CCCCCCCCCCCCOON(C=O)NC(=O)Cl. The van der Waals surface area contributed by atoms with Crippen LogP contribution in [0.1, 0.15) is 71.1 Å². The van der Waals surface area contributed by atoms with Crippen LogP contribution >= 0.6 is 11.6 Å². The van der Waals surface area contributed by atoms with E-state index in [9.17, 15) is 9.59 Å². The molecule has 1 N–H and O–H groups in total. The zero-order chi connectivity index (χ0) is 15.8. The van der Waals surface area contributed by atoms with Gasteiger partial charge in [0.2, 0.25) is 0 Å². The molecule has 7 heteroatoms. The first kappa shape index (κ1) is 20.1. The van der Waals surface area contributed by atoms with E-state index in [-0.39, 0.29) is 6.41 Å². The average molecular weight is 323 g/mol. The van der Waals surface area contributed by atoms with Crippen molar-refractivity contribution in [2.45, 2.75) is 71.1 Å². The standard InChI is InChI=1S/C14H27ClN2O4/c1-2-3-4-5-6-7-8-9-10-11-12-20-21-17(13-18)16-14(15)19/h13H,2-12H2,1H3,(H,16,19). The topological polar surface area (TPSA) is 67.9 Å². The van der Waals surface area contributed by atoms with Crippen molar-refractivity contribution in [1.29, 1.82) is 0 Å². The fourth-order valence-electron chi connectivity index (χ4n) is 1.89. The number of amides is 2. The van der Waals surface area contributed by atoms with E-state index >= 15 is 0 Å². The third-order valence-electron chi connectivity index (χ3n) is 3.01. The molecule has 124 valence electrons. The number of hydrazine groups is 1. The Kier molecular flexibility index (Phi) is 14.9. The molecule has 0 aliphatic heterocycles. The second-order valence-corrected chi connectivity index (χ2v) is 5.24. The van der Waals surface area contributed by atoms with Gasteiger partial charge < -0.3 is 0 Å². The number of carbonyl (C=O) groups is 2. The number of carbonyl (C=O) groups excluding carboxylic acids is 2. The van der Waals surface area contributed by atoms with Crippen molar-refractivity contribution in [2.75, 3.05) is 6.61 Å². The lowest BCUT2D eigenvalue weighted by Gasteiger charge is -2.13. The number of nitrogens with one attached hydrogen (secondary N) is 1. The molecule has 6 nitrogen and oxygen atoms in total. The van der Waals surface area contributed by atoms with E-state index in [0.29, 0.717) is 11.8 Å². The summed E-state index contributed by atoms with van der Waals surface area (Å²) in [7, 11) is 0. The Bertz CT molecular complexity index is 267. The molecule has 0 spiro atoms. The number of rotatable bonds is 15. The van der Waals surface area contributed by atoms with Gasteiger partial charge >= 0.3 is 5.37 Å². The molecular formula is C14H27ClN2O4. The van der Waals surface area contributed by atoms with Crippen LogP contribution in [0.2, 0.25) is 0 Å². The Morgan fingerprint density at radius 2 is 1.57 bits per heavy atom. The third-order valence-corrected chi connectivity index (χ3v) is 3.09. The highest BCUT2D eigenvalue weighted by molar-refractivity contribution is 6.62. The first-order valence-electron chi connectivity index (χ1n) is 7.71. The largest absolute Gasteiger partial charge is 0.334 e. The summed E-state index contributed by atoms with van der Waals surface area (Å²) in [6, 6.07) is 0. The van der Waals surface area contributed by atoms with Crippen LogP contribution in [0, 0.1) is 0 Å². The Labute approximate surface area is 132 Å². The Morgan fingerprint density at radius 3 is 2.05 bits per heavy atom. The monoisotopic (exact) mass is 322 g/mol. The molecule has 0 aromatic carbocycles. The molecular weight excluding hydrogens is 296 g/mol. The van der Waals surface area contributed by atoms with E-state index in [4.69, 9.17) is 16.5 Å². The maximum Gasteiger partial charge on any atom is 0.334 e. The van der Waals surface area contributed by atoms with E-state index < -0.39 is 5.37 Å². The van der Waals surface area contributed by atoms with Gasteiger partial charge in [0.05, 0.1) is 6.61 Å². The van der Waals surface area contributed by atoms with Gasteiger partial charge in [-0.05, 0) is 18.0 Å². The average Bonchev–Trinajstić information content (AvgIpc) is 2.46. The van der Waals surface area contributed by atoms with Gasteiger partial charge in [0.25, 0.3) is 6.41 Å². The molecule has 21 heavy (non-hydrogen) atoms. The number of nitrogens with zero attached hydrogens (tertiary/aromatic N) is 1. The number of hydrogen-bond acceptors (Lipinski definition) is 4. The summed E-state index contributed by atoms with van der Waals surface area (Å²) in [5, 5.41) is -0.448. The van der Waals surface area contributed by atoms with E-state index in [0.717, 1.165) is 12.8 Å². The molecule has 0 rings (SSSR count). The van der Waals surface area contributed by atoms with Crippen molar-refractivity contribution in [3.63, 3.8) is 0 Å². The van der Waals surface area contributed by atoms with Crippen LogP contribution in [0.4, 0.5) is 4.79 Å². The Balaban J connectivity index is 3.21. The van der Waals surface area contributed by atoms with Crippen molar-refractivity contribution in [1.82, 2.24) is 10.6 Å². The van der Waals surface area contributed by atoms with Crippen LogP contribution in [0.3, 0.4) is 0 Å². The molecule has 0 atom stereocenters.